The predicted octanol–water partition coefficient (Wildman–Crippen LogP) is 9.08. The van der Waals surface area contributed by atoms with Gasteiger partial charge in [-0.15, -0.1) is 0 Å². The van der Waals surface area contributed by atoms with Gasteiger partial charge in [0.15, 0.2) is 0 Å². The number of carbonyl (C=O) groups excluding carboxylic acids is 1. The molecule has 0 saturated heterocycles. The molecule has 0 aliphatic rings. The molecule has 0 fully saturated rings. The quantitative estimate of drug-likeness (QED) is 0.171. The van der Waals surface area contributed by atoms with E-state index in [0.717, 1.165) is 28.8 Å². The summed E-state index contributed by atoms with van der Waals surface area (Å²) < 4.78 is 58.1. The molecule has 1 amide bonds. The Morgan fingerprint density at radius 3 is 2.27 bits per heavy atom. The van der Waals surface area contributed by atoms with Crippen LogP contribution in [0.3, 0.4) is 0 Å². The molecule has 6 aromatic rings. The number of fused-ring (bicyclic) bond motifs is 1. The van der Waals surface area contributed by atoms with Gasteiger partial charge in [0, 0.05) is 33.6 Å². The average Bonchev–Trinajstić information content (AvgIpc) is 3.39. The second-order valence-electron chi connectivity index (χ2n) is 10.7. The number of alkyl halides is 3. The Kier molecular flexibility index (Phi) is 8.41. The van der Waals surface area contributed by atoms with E-state index >= 15 is 0 Å². The van der Waals surface area contributed by atoms with Crippen LogP contribution < -0.4 is 5.32 Å². The zero-order valence-corrected chi connectivity index (χ0v) is 24.5. The van der Waals surface area contributed by atoms with Gasteiger partial charge in [-0.1, -0.05) is 90.5 Å². The summed E-state index contributed by atoms with van der Waals surface area (Å²) in [4.78, 5) is 12.8. The van der Waals surface area contributed by atoms with E-state index in [4.69, 9.17) is 11.6 Å². The lowest BCUT2D eigenvalue weighted by Gasteiger charge is -2.12. The number of aromatic nitrogens is 2. The van der Waals surface area contributed by atoms with Crippen molar-refractivity contribution in [3.05, 3.63) is 159 Å². The van der Waals surface area contributed by atoms with Crippen LogP contribution in [-0.4, -0.2) is 15.7 Å². The highest BCUT2D eigenvalue weighted by Crippen LogP contribution is 2.38. The van der Waals surface area contributed by atoms with E-state index < -0.39 is 17.6 Å². The van der Waals surface area contributed by atoms with Crippen LogP contribution in [0.2, 0.25) is 5.02 Å². The molecule has 226 valence electrons. The van der Waals surface area contributed by atoms with E-state index in [1.165, 1.54) is 22.9 Å². The monoisotopic (exact) mass is 627 g/mol. The van der Waals surface area contributed by atoms with Crippen LogP contribution in [0.5, 0.6) is 0 Å². The molecule has 0 radical (unpaired) electrons. The number of hydrogen-bond acceptors (Lipinski definition) is 2. The summed E-state index contributed by atoms with van der Waals surface area (Å²) >= 11 is 5.92. The van der Waals surface area contributed by atoms with Gasteiger partial charge in [0.25, 0.3) is 5.91 Å². The molecule has 0 aliphatic carbocycles. The SMILES string of the molecule is O=C(NCc1ccccc1)c1cccc(Cc2cccc(-c3c4cccc(C(F)(F)F)c4nn3Cc3ccc(Cl)cc3F)c2)c1. The molecule has 6 rings (SSSR count). The van der Waals surface area contributed by atoms with Crippen molar-refractivity contribution in [1.29, 1.82) is 0 Å². The van der Waals surface area contributed by atoms with Gasteiger partial charge in [-0.3, -0.25) is 9.48 Å². The topological polar surface area (TPSA) is 46.9 Å². The van der Waals surface area contributed by atoms with E-state index in [2.05, 4.69) is 10.4 Å². The molecule has 1 N–H and O–H groups in total. The number of carbonyl (C=O) groups is 1. The predicted molar refractivity (Wildman–Crippen MR) is 168 cm³/mol. The van der Waals surface area contributed by atoms with Crippen molar-refractivity contribution in [2.45, 2.75) is 25.7 Å². The highest BCUT2D eigenvalue weighted by molar-refractivity contribution is 6.30. The van der Waals surface area contributed by atoms with Gasteiger partial charge in [-0.25, -0.2) is 4.39 Å². The van der Waals surface area contributed by atoms with E-state index in [-0.39, 0.29) is 28.6 Å². The van der Waals surface area contributed by atoms with Crippen molar-refractivity contribution in [2.75, 3.05) is 0 Å². The van der Waals surface area contributed by atoms with Gasteiger partial charge in [-0.2, -0.15) is 18.3 Å². The largest absolute Gasteiger partial charge is 0.418 e. The summed E-state index contributed by atoms with van der Waals surface area (Å²) in [6, 6.07) is 32.5. The number of nitrogens with zero attached hydrogens (tertiary/aromatic N) is 2. The highest BCUT2D eigenvalue weighted by atomic mass is 35.5. The zero-order valence-electron chi connectivity index (χ0n) is 23.8. The molecule has 0 saturated carbocycles. The van der Waals surface area contributed by atoms with E-state index in [0.29, 0.717) is 35.2 Å². The number of hydrogen-bond donors (Lipinski definition) is 1. The molecular formula is C36H26ClF4N3O. The Morgan fingerprint density at radius 2 is 1.51 bits per heavy atom. The summed E-state index contributed by atoms with van der Waals surface area (Å²) in [7, 11) is 0. The first kappa shape index (κ1) is 30.1. The van der Waals surface area contributed by atoms with Gasteiger partial charge >= 0.3 is 6.18 Å². The lowest BCUT2D eigenvalue weighted by molar-refractivity contribution is -0.136. The molecular weight excluding hydrogens is 602 g/mol. The van der Waals surface area contributed by atoms with E-state index in [1.807, 2.05) is 66.7 Å². The van der Waals surface area contributed by atoms with Crippen LogP contribution in [-0.2, 0) is 25.7 Å². The fourth-order valence-corrected chi connectivity index (χ4v) is 5.54. The maximum absolute atomic E-state index is 14.8. The molecule has 45 heavy (non-hydrogen) atoms. The van der Waals surface area contributed by atoms with Crippen molar-refractivity contribution in [3.8, 4) is 11.3 Å². The van der Waals surface area contributed by atoms with E-state index in [1.54, 1.807) is 18.2 Å². The minimum Gasteiger partial charge on any atom is -0.348 e. The Balaban J connectivity index is 1.33. The van der Waals surface area contributed by atoms with Crippen LogP contribution in [0.1, 0.15) is 38.2 Å². The van der Waals surface area contributed by atoms with Crippen LogP contribution in [0.4, 0.5) is 17.6 Å². The maximum atomic E-state index is 14.8. The average molecular weight is 628 g/mol. The van der Waals surface area contributed by atoms with Gasteiger partial charge < -0.3 is 5.32 Å². The number of halogens is 5. The van der Waals surface area contributed by atoms with Crippen LogP contribution in [0, 0.1) is 5.82 Å². The minimum absolute atomic E-state index is 0.103. The van der Waals surface area contributed by atoms with Crippen LogP contribution >= 0.6 is 11.6 Å². The number of rotatable bonds is 8. The third kappa shape index (κ3) is 6.76. The van der Waals surface area contributed by atoms with Gasteiger partial charge in [0.2, 0.25) is 0 Å². The van der Waals surface area contributed by atoms with Crippen molar-refractivity contribution in [3.63, 3.8) is 0 Å². The second-order valence-corrected chi connectivity index (χ2v) is 11.1. The van der Waals surface area contributed by atoms with Gasteiger partial charge in [0.05, 0.1) is 17.8 Å². The van der Waals surface area contributed by atoms with Gasteiger partial charge in [-0.05, 0) is 59.5 Å². The molecule has 9 heteroatoms. The molecule has 1 heterocycles. The van der Waals surface area contributed by atoms with Crippen molar-refractivity contribution >= 4 is 28.4 Å². The summed E-state index contributed by atoms with van der Waals surface area (Å²) in [6.07, 6.45) is -4.15. The first-order valence-corrected chi connectivity index (χ1v) is 14.5. The Hall–Kier alpha value is -4.95. The van der Waals surface area contributed by atoms with Crippen molar-refractivity contribution in [1.82, 2.24) is 15.1 Å². The summed E-state index contributed by atoms with van der Waals surface area (Å²) in [5.74, 6) is -0.773. The third-order valence-electron chi connectivity index (χ3n) is 7.50. The normalized spacial score (nSPS) is 11.6. The van der Waals surface area contributed by atoms with Crippen LogP contribution in [0.15, 0.2) is 115 Å². The lowest BCUT2D eigenvalue weighted by atomic mass is 9.98. The summed E-state index contributed by atoms with van der Waals surface area (Å²) in [6.45, 7) is 0.304. The first-order valence-electron chi connectivity index (χ1n) is 14.2. The first-order chi connectivity index (χ1) is 21.7. The molecule has 0 bridgehead atoms. The number of amides is 1. The summed E-state index contributed by atoms with van der Waals surface area (Å²) in [5.41, 5.74) is 3.49. The lowest BCUT2D eigenvalue weighted by Crippen LogP contribution is -2.22. The molecule has 0 unspecified atom stereocenters. The van der Waals surface area contributed by atoms with Crippen molar-refractivity contribution in [2.24, 2.45) is 0 Å². The smallest absolute Gasteiger partial charge is 0.348 e. The molecule has 0 spiro atoms. The fourth-order valence-electron chi connectivity index (χ4n) is 5.38. The third-order valence-corrected chi connectivity index (χ3v) is 7.74. The molecule has 0 aliphatic heterocycles. The minimum atomic E-state index is -4.62. The van der Waals surface area contributed by atoms with Crippen LogP contribution in [0.25, 0.3) is 22.2 Å². The number of nitrogens with one attached hydrogen (secondary N) is 1. The Morgan fingerprint density at radius 1 is 0.800 bits per heavy atom. The molecule has 0 atom stereocenters. The number of benzene rings is 5. The highest BCUT2D eigenvalue weighted by Gasteiger charge is 2.34. The second kappa shape index (κ2) is 12.6. The fraction of sp³-hybridized carbons (Fsp3) is 0.111. The van der Waals surface area contributed by atoms with E-state index in [9.17, 15) is 22.4 Å². The maximum Gasteiger partial charge on any atom is 0.418 e. The Bertz CT molecular complexity index is 2000. The molecule has 5 aromatic carbocycles. The zero-order chi connectivity index (χ0) is 31.6. The molecule has 1 aromatic heterocycles. The Labute approximate surface area is 261 Å². The van der Waals surface area contributed by atoms with Gasteiger partial charge in [0.1, 0.15) is 11.3 Å². The summed E-state index contributed by atoms with van der Waals surface area (Å²) in [5, 5.41) is 7.80. The molecule has 4 nitrogen and oxygen atoms in total. The van der Waals surface area contributed by atoms with Crippen molar-refractivity contribution < 1.29 is 22.4 Å². The standard InChI is InChI=1S/C36H26ClF4N3O/c37-29-16-15-28(32(38)20-29)22-44-34(30-13-6-14-31(33(30)43-44)36(39,40)41)26-11-4-9-24(18-26)17-25-10-5-12-27(19-25)35(45)42-21-23-7-2-1-3-8-23/h1-16,18-20H,17,21-22H2,(H,42,45).